The van der Waals surface area contributed by atoms with Crippen molar-refractivity contribution in [1.82, 2.24) is 4.98 Å². The Morgan fingerprint density at radius 1 is 1.54 bits per heavy atom. The molecule has 0 aliphatic heterocycles. The second kappa shape index (κ2) is 3.04. The molecule has 0 bridgehead atoms. The number of nitrogens with zero attached hydrogens (tertiary/aromatic N) is 1. The highest BCUT2D eigenvalue weighted by molar-refractivity contribution is 7.71. The molecule has 64 valence electrons. The number of nitrogens with one attached hydrogen (secondary N) is 1. The van der Waals surface area contributed by atoms with Gasteiger partial charge in [-0.1, -0.05) is 12.1 Å². The molecular weight excluding hydrogens is 184 g/mol. The third-order valence-electron chi connectivity index (χ3n) is 1.80. The number of aromatic nitrogens is 1. The van der Waals surface area contributed by atoms with E-state index in [1.807, 2.05) is 18.2 Å². The van der Waals surface area contributed by atoms with Gasteiger partial charge in [-0.3, -0.25) is 0 Å². The molecule has 0 fully saturated rings. The molecule has 0 aliphatic rings. The third kappa shape index (κ3) is 1.34. The van der Waals surface area contributed by atoms with E-state index in [-0.39, 0.29) is 0 Å². The van der Waals surface area contributed by atoms with Gasteiger partial charge in [-0.15, -0.1) is 0 Å². The molecular formula is C9H6N2OS. The summed E-state index contributed by atoms with van der Waals surface area (Å²) >= 11 is 4.85. The lowest BCUT2D eigenvalue weighted by molar-refractivity contribution is 0.580. The Morgan fingerprint density at radius 3 is 3.15 bits per heavy atom. The highest BCUT2D eigenvalue weighted by Gasteiger charge is 2.03. The normalized spacial score (nSPS) is 10.1. The summed E-state index contributed by atoms with van der Waals surface area (Å²) in [6.07, 6.45) is 0.341. The van der Waals surface area contributed by atoms with Crippen molar-refractivity contribution in [2.75, 3.05) is 0 Å². The maximum Gasteiger partial charge on any atom is 0.266 e. The lowest BCUT2D eigenvalue weighted by Gasteiger charge is -1.93. The van der Waals surface area contributed by atoms with E-state index in [0.29, 0.717) is 16.8 Å². The zero-order valence-corrected chi connectivity index (χ0v) is 7.52. The predicted molar refractivity (Wildman–Crippen MR) is 50.7 cm³/mol. The van der Waals surface area contributed by atoms with Gasteiger partial charge in [0.15, 0.2) is 5.58 Å². The van der Waals surface area contributed by atoms with Crippen molar-refractivity contribution < 1.29 is 4.42 Å². The molecule has 0 atom stereocenters. The Kier molecular flexibility index (Phi) is 1.87. The fourth-order valence-corrected chi connectivity index (χ4v) is 1.45. The number of hydrogen-bond acceptors (Lipinski definition) is 3. The number of rotatable bonds is 1. The van der Waals surface area contributed by atoms with Gasteiger partial charge in [0.05, 0.1) is 18.0 Å². The van der Waals surface area contributed by atoms with Crippen molar-refractivity contribution in [2.24, 2.45) is 0 Å². The first-order valence-corrected chi connectivity index (χ1v) is 4.20. The Labute approximate surface area is 79.6 Å². The summed E-state index contributed by atoms with van der Waals surface area (Å²) in [4.78, 5) is 3.24. The first kappa shape index (κ1) is 8.02. The quantitative estimate of drug-likeness (QED) is 0.703. The maximum atomic E-state index is 8.56. The summed E-state index contributed by atoms with van der Waals surface area (Å²) < 4.78 is 5.26. The third-order valence-corrected chi connectivity index (χ3v) is 1.98. The summed E-state index contributed by atoms with van der Waals surface area (Å²) in [5.41, 5.74) is 2.40. The van der Waals surface area contributed by atoms with Crippen molar-refractivity contribution >= 4 is 23.3 Å². The van der Waals surface area contributed by atoms with Crippen molar-refractivity contribution in [3.05, 3.63) is 28.6 Å². The van der Waals surface area contributed by atoms with Crippen LogP contribution in [0.15, 0.2) is 22.6 Å². The number of oxazole rings is 1. The molecule has 0 radical (unpaired) electrons. The van der Waals surface area contributed by atoms with E-state index >= 15 is 0 Å². The molecule has 0 saturated carbocycles. The zero-order valence-electron chi connectivity index (χ0n) is 6.70. The minimum atomic E-state index is 0.341. The molecule has 1 heterocycles. The maximum absolute atomic E-state index is 8.56. The standard InChI is InChI=1S/C9H6N2OS/c10-5-4-6-2-1-3-7-8(6)12-9(13)11-7/h1-3H,4H2,(H,11,13). The molecule has 0 unspecified atom stereocenters. The molecule has 2 rings (SSSR count). The average molecular weight is 190 g/mol. The first-order chi connectivity index (χ1) is 6.31. The van der Waals surface area contributed by atoms with Crippen molar-refractivity contribution in [3.63, 3.8) is 0 Å². The Morgan fingerprint density at radius 2 is 2.38 bits per heavy atom. The summed E-state index contributed by atoms with van der Waals surface area (Å²) in [5, 5.41) is 8.56. The van der Waals surface area contributed by atoms with Gasteiger partial charge in [-0.2, -0.15) is 5.26 Å². The number of aromatic amines is 1. The summed E-state index contributed by atoms with van der Waals surface area (Å²) in [6.45, 7) is 0. The van der Waals surface area contributed by atoms with Gasteiger partial charge in [0.25, 0.3) is 4.84 Å². The van der Waals surface area contributed by atoms with Crippen LogP contribution in [0.3, 0.4) is 0 Å². The topological polar surface area (TPSA) is 52.7 Å². The number of nitriles is 1. The second-order valence-electron chi connectivity index (χ2n) is 2.64. The largest absolute Gasteiger partial charge is 0.429 e. The lowest BCUT2D eigenvalue weighted by Crippen LogP contribution is -1.81. The van der Waals surface area contributed by atoms with Crippen LogP contribution in [0.2, 0.25) is 0 Å². The predicted octanol–water partition coefficient (Wildman–Crippen LogP) is 2.56. The van der Waals surface area contributed by atoms with Gasteiger partial charge in [-0.05, 0) is 18.3 Å². The molecule has 0 amide bonds. The van der Waals surface area contributed by atoms with Crippen molar-refractivity contribution in [1.29, 1.82) is 5.26 Å². The van der Waals surface area contributed by atoms with Crippen LogP contribution in [0.5, 0.6) is 0 Å². The first-order valence-electron chi connectivity index (χ1n) is 3.79. The average Bonchev–Trinajstić information content (AvgIpc) is 2.47. The van der Waals surface area contributed by atoms with Crippen LogP contribution in [0.4, 0.5) is 0 Å². The van der Waals surface area contributed by atoms with Crippen molar-refractivity contribution in [3.8, 4) is 6.07 Å². The molecule has 2 aromatic rings. The molecule has 4 heteroatoms. The van der Waals surface area contributed by atoms with Crippen LogP contribution in [-0.2, 0) is 6.42 Å². The summed E-state index contributed by atoms with van der Waals surface area (Å²) in [6, 6.07) is 7.68. The lowest BCUT2D eigenvalue weighted by atomic mass is 10.1. The fourth-order valence-electron chi connectivity index (χ4n) is 1.26. The van der Waals surface area contributed by atoms with Gasteiger partial charge in [0.2, 0.25) is 0 Å². The molecule has 1 aromatic heterocycles. The highest BCUT2D eigenvalue weighted by atomic mass is 32.1. The van der Waals surface area contributed by atoms with Gasteiger partial charge in [-0.25, -0.2) is 0 Å². The Balaban J connectivity index is 2.76. The SMILES string of the molecule is N#CCc1cccc2[nH]c(=S)oc12. The van der Waals surface area contributed by atoms with E-state index in [1.165, 1.54) is 0 Å². The van der Waals surface area contributed by atoms with Gasteiger partial charge < -0.3 is 9.40 Å². The van der Waals surface area contributed by atoms with E-state index in [2.05, 4.69) is 11.1 Å². The van der Waals surface area contributed by atoms with Crippen LogP contribution in [0.25, 0.3) is 11.1 Å². The van der Waals surface area contributed by atoms with E-state index < -0.39 is 0 Å². The second-order valence-corrected chi connectivity index (χ2v) is 3.01. The van der Waals surface area contributed by atoms with E-state index in [0.717, 1.165) is 11.1 Å². The molecule has 1 aromatic carbocycles. The Hall–Kier alpha value is -1.60. The van der Waals surface area contributed by atoms with E-state index in [1.54, 1.807) is 0 Å². The minimum absolute atomic E-state index is 0.341. The van der Waals surface area contributed by atoms with Crippen LogP contribution >= 0.6 is 12.2 Å². The summed E-state index contributed by atoms with van der Waals surface area (Å²) in [5.74, 6) is 0. The number of H-pyrrole nitrogens is 1. The number of hydrogen-bond donors (Lipinski definition) is 1. The highest BCUT2D eigenvalue weighted by Crippen LogP contribution is 2.18. The monoisotopic (exact) mass is 190 g/mol. The van der Waals surface area contributed by atoms with Crippen LogP contribution in [0, 0.1) is 16.2 Å². The fraction of sp³-hybridized carbons (Fsp3) is 0.111. The number of para-hydroxylation sites is 1. The van der Waals surface area contributed by atoms with Gasteiger partial charge in [0.1, 0.15) is 0 Å². The molecule has 0 aliphatic carbocycles. The summed E-state index contributed by atoms with van der Waals surface area (Å²) in [7, 11) is 0. The van der Waals surface area contributed by atoms with Crippen molar-refractivity contribution in [2.45, 2.75) is 6.42 Å². The van der Waals surface area contributed by atoms with Crippen LogP contribution < -0.4 is 0 Å². The molecule has 0 spiro atoms. The minimum Gasteiger partial charge on any atom is -0.429 e. The van der Waals surface area contributed by atoms with Gasteiger partial charge >= 0.3 is 0 Å². The number of fused-ring (bicyclic) bond motifs is 1. The molecule has 13 heavy (non-hydrogen) atoms. The van der Waals surface area contributed by atoms with Crippen LogP contribution in [-0.4, -0.2) is 4.98 Å². The number of benzene rings is 1. The van der Waals surface area contributed by atoms with Gasteiger partial charge in [0, 0.05) is 5.56 Å². The molecule has 0 saturated heterocycles. The smallest absolute Gasteiger partial charge is 0.266 e. The van der Waals surface area contributed by atoms with E-state index in [9.17, 15) is 0 Å². The molecule has 3 nitrogen and oxygen atoms in total. The van der Waals surface area contributed by atoms with E-state index in [4.69, 9.17) is 21.9 Å². The Bertz CT molecular complexity index is 532. The zero-order chi connectivity index (χ0) is 9.26. The van der Waals surface area contributed by atoms with Crippen LogP contribution in [0.1, 0.15) is 5.56 Å². The molecule has 1 N–H and O–H groups in total.